The van der Waals surface area contributed by atoms with E-state index in [9.17, 15) is 13.2 Å². The van der Waals surface area contributed by atoms with E-state index >= 15 is 0 Å². The second-order valence-corrected chi connectivity index (χ2v) is 12.0. The minimum atomic E-state index is -3.65. The number of carbonyl (C=O) groups is 1. The molecule has 0 aromatic heterocycles. The first-order valence-corrected chi connectivity index (χ1v) is 14.4. The Balaban J connectivity index is 1.79. The quantitative estimate of drug-likeness (QED) is 0.308. The van der Waals surface area contributed by atoms with Gasteiger partial charge in [0.05, 0.1) is 41.7 Å². The molecule has 9 heteroatoms. The van der Waals surface area contributed by atoms with Gasteiger partial charge in [0.15, 0.2) is 0 Å². The molecule has 1 amide bonds. The zero-order chi connectivity index (χ0) is 27.5. The van der Waals surface area contributed by atoms with E-state index in [1.165, 1.54) is 4.31 Å². The third kappa shape index (κ3) is 6.78. The van der Waals surface area contributed by atoms with Gasteiger partial charge < -0.3 is 10.1 Å². The molecule has 0 unspecified atom stereocenters. The van der Waals surface area contributed by atoms with E-state index in [4.69, 9.17) is 27.9 Å². The van der Waals surface area contributed by atoms with Crippen molar-refractivity contribution in [1.29, 1.82) is 0 Å². The highest BCUT2D eigenvalue weighted by molar-refractivity contribution is 7.92. The average Bonchev–Trinajstić information content (AvgIpc) is 2.83. The number of ether oxygens (including phenoxy) is 1. The predicted molar refractivity (Wildman–Crippen MR) is 152 cm³/mol. The maximum atomic E-state index is 13.0. The number of amides is 1. The monoisotopic (exact) mass is 562 g/mol. The molecule has 37 heavy (non-hydrogen) atoms. The number of aryl methyl sites for hydroxylation is 1. The fourth-order valence-electron chi connectivity index (χ4n) is 4.16. The van der Waals surface area contributed by atoms with Gasteiger partial charge in [0.1, 0.15) is 5.75 Å². The summed E-state index contributed by atoms with van der Waals surface area (Å²) in [6.07, 6.45) is 1.11. The van der Waals surface area contributed by atoms with Gasteiger partial charge >= 0.3 is 0 Å². The Morgan fingerprint density at radius 3 is 2.24 bits per heavy atom. The average molecular weight is 564 g/mol. The van der Waals surface area contributed by atoms with Crippen molar-refractivity contribution < 1.29 is 17.9 Å². The molecule has 0 saturated heterocycles. The molecule has 0 saturated carbocycles. The maximum absolute atomic E-state index is 13.0. The Bertz CT molecular complexity index is 1390. The van der Waals surface area contributed by atoms with E-state index in [0.29, 0.717) is 16.8 Å². The predicted octanol–water partition coefficient (Wildman–Crippen LogP) is 6.89. The summed E-state index contributed by atoms with van der Waals surface area (Å²) in [5.74, 6) is 0.892. The van der Waals surface area contributed by atoms with Crippen LogP contribution in [0.1, 0.15) is 65.3 Å². The number of carbonyl (C=O) groups excluding carboxylic acids is 1. The Kier molecular flexibility index (Phi) is 9.16. The number of anilines is 1. The lowest BCUT2D eigenvalue weighted by atomic mass is 9.93. The summed E-state index contributed by atoms with van der Waals surface area (Å²) >= 11 is 12.4. The van der Waals surface area contributed by atoms with Gasteiger partial charge in [-0.15, -0.1) is 0 Å². The number of benzene rings is 3. The fourth-order valence-corrected chi connectivity index (χ4v) is 5.50. The van der Waals surface area contributed by atoms with Crippen molar-refractivity contribution in [2.75, 3.05) is 17.7 Å². The van der Waals surface area contributed by atoms with Crippen LogP contribution >= 0.6 is 23.2 Å². The van der Waals surface area contributed by atoms with Crippen LogP contribution < -0.4 is 14.4 Å². The highest BCUT2D eigenvalue weighted by Gasteiger charge is 2.22. The molecule has 0 aliphatic heterocycles. The van der Waals surface area contributed by atoms with E-state index in [2.05, 4.69) is 25.2 Å². The highest BCUT2D eigenvalue weighted by atomic mass is 35.5. The largest absolute Gasteiger partial charge is 0.496 e. The lowest BCUT2D eigenvalue weighted by Crippen LogP contribution is -2.30. The summed E-state index contributed by atoms with van der Waals surface area (Å²) in [7, 11) is -1.98. The standard InChI is InChI=1S/C28H32Cl2N2O4S/c1-17(2)22-15-23(18(3)14-26(22)36-5)19(4)31-28(33)21-12-10-20(11-13-21)16-32(37(6,34)35)25-9-7-8-24(29)27(25)30/h7-15,17,19H,16H2,1-6H3,(H,31,33)/t19-/m1/s1. The molecule has 0 fully saturated rings. The van der Waals surface area contributed by atoms with Gasteiger partial charge in [-0.2, -0.15) is 0 Å². The number of hydrogen-bond acceptors (Lipinski definition) is 4. The van der Waals surface area contributed by atoms with Gasteiger partial charge in [-0.05, 0) is 78.4 Å². The molecule has 0 bridgehead atoms. The van der Waals surface area contributed by atoms with Crippen molar-refractivity contribution in [2.24, 2.45) is 0 Å². The molecule has 0 aliphatic rings. The van der Waals surface area contributed by atoms with Crippen LogP contribution in [0.3, 0.4) is 0 Å². The van der Waals surface area contributed by atoms with Crippen LogP contribution in [0.5, 0.6) is 5.75 Å². The van der Waals surface area contributed by atoms with Crippen LogP contribution in [0.2, 0.25) is 10.0 Å². The van der Waals surface area contributed by atoms with Gasteiger partial charge in [-0.3, -0.25) is 9.10 Å². The van der Waals surface area contributed by atoms with Gasteiger partial charge in [-0.25, -0.2) is 8.42 Å². The Morgan fingerprint density at radius 2 is 1.68 bits per heavy atom. The molecule has 3 aromatic carbocycles. The van der Waals surface area contributed by atoms with Crippen molar-refractivity contribution in [3.8, 4) is 5.75 Å². The van der Waals surface area contributed by atoms with E-state index in [1.807, 2.05) is 19.9 Å². The summed E-state index contributed by atoms with van der Waals surface area (Å²) in [4.78, 5) is 13.0. The molecule has 0 radical (unpaired) electrons. The Morgan fingerprint density at radius 1 is 1.03 bits per heavy atom. The van der Waals surface area contributed by atoms with Crippen LogP contribution in [-0.4, -0.2) is 27.7 Å². The van der Waals surface area contributed by atoms with E-state index in [-0.39, 0.29) is 34.5 Å². The van der Waals surface area contributed by atoms with Crippen molar-refractivity contribution in [3.05, 3.63) is 92.5 Å². The van der Waals surface area contributed by atoms with Gasteiger partial charge in [0.2, 0.25) is 10.0 Å². The minimum Gasteiger partial charge on any atom is -0.496 e. The van der Waals surface area contributed by atoms with E-state index in [0.717, 1.165) is 28.7 Å². The van der Waals surface area contributed by atoms with Crippen molar-refractivity contribution in [1.82, 2.24) is 5.32 Å². The van der Waals surface area contributed by atoms with E-state index < -0.39 is 10.0 Å². The number of rotatable bonds is 9. The number of methoxy groups -OCH3 is 1. The van der Waals surface area contributed by atoms with Crippen LogP contribution in [0, 0.1) is 6.92 Å². The number of nitrogens with one attached hydrogen (secondary N) is 1. The van der Waals surface area contributed by atoms with Crippen molar-refractivity contribution in [2.45, 2.75) is 46.2 Å². The molecule has 0 aliphatic carbocycles. The number of sulfonamides is 1. The molecule has 198 valence electrons. The Labute approximate surface area is 229 Å². The molecular formula is C28H32Cl2N2O4S. The lowest BCUT2D eigenvalue weighted by molar-refractivity contribution is 0.0939. The van der Waals surface area contributed by atoms with Crippen LogP contribution in [0.25, 0.3) is 0 Å². The molecule has 0 spiro atoms. The third-order valence-corrected chi connectivity index (χ3v) is 8.13. The molecule has 1 N–H and O–H groups in total. The minimum absolute atomic E-state index is 0.0419. The zero-order valence-corrected chi connectivity index (χ0v) is 24.1. The first-order chi connectivity index (χ1) is 17.3. The topological polar surface area (TPSA) is 75.7 Å². The summed E-state index contributed by atoms with van der Waals surface area (Å²) in [5.41, 5.74) is 4.60. The van der Waals surface area contributed by atoms with Crippen molar-refractivity contribution in [3.63, 3.8) is 0 Å². The normalized spacial score (nSPS) is 12.4. The highest BCUT2D eigenvalue weighted by Crippen LogP contribution is 2.35. The van der Waals surface area contributed by atoms with Gasteiger partial charge in [-0.1, -0.05) is 55.2 Å². The summed E-state index contributed by atoms with van der Waals surface area (Å²) in [5, 5.41) is 3.49. The summed E-state index contributed by atoms with van der Waals surface area (Å²) in [6.45, 7) is 8.20. The molecule has 0 heterocycles. The maximum Gasteiger partial charge on any atom is 0.251 e. The van der Waals surface area contributed by atoms with Gasteiger partial charge in [0.25, 0.3) is 5.91 Å². The van der Waals surface area contributed by atoms with Crippen molar-refractivity contribution >= 4 is 44.8 Å². The zero-order valence-electron chi connectivity index (χ0n) is 21.8. The number of halogens is 2. The van der Waals surface area contributed by atoms with Crippen LogP contribution in [0.15, 0.2) is 54.6 Å². The van der Waals surface area contributed by atoms with Gasteiger partial charge in [0, 0.05) is 5.56 Å². The third-order valence-electron chi connectivity index (χ3n) is 6.20. The van der Waals surface area contributed by atoms with Crippen LogP contribution in [0.4, 0.5) is 5.69 Å². The summed E-state index contributed by atoms with van der Waals surface area (Å²) < 4.78 is 31.8. The SMILES string of the molecule is COc1cc(C)c([C@@H](C)NC(=O)c2ccc(CN(c3cccc(Cl)c3Cl)S(C)(=O)=O)cc2)cc1C(C)C. The smallest absolute Gasteiger partial charge is 0.251 e. The number of nitrogens with zero attached hydrogens (tertiary/aromatic N) is 1. The lowest BCUT2D eigenvalue weighted by Gasteiger charge is -2.24. The molecular weight excluding hydrogens is 531 g/mol. The second kappa shape index (κ2) is 11.8. The fraction of sp³-hybridized carbons (Fsp3) is 0.321. The second-order valence-electron chi connectivity index (χ2n) is 9.34. The number of hydrogen-bond donors (Lipinski definition) is 1. The van der Waals surface area contributed by atoms with E-state index in [1.54, 1.807) is 49.6 Å². The molecule has 1 atom stereocenters. The first-order valence-electron chi connectivity index (χ1n) is 11.8. The molecule has 3 aromatic rings. The molecule has 3 rings (SSSR count). The summed E-state index contributed by atoms with van der Waals surface area (Å²) in [6, 6.07) is 15.5. The Hall–Kier alpha value is -2.74. The van der Waals surface area contributed by atoms with Crippen LogP contribution in [-0.2, 0) is 16.6 Å². The first kappa shape index (κ1) is 28.8. The molecule has 6 nitrogen and oxygen atoms in total.